The van der Waals surface area contributed by atoms with Crippen molar-refractivity contribution in [3.8, 4) is 11.5 Å². The number of hydroxylamine groups is 2. The summed E-state index contributed by atoms with van der Waals surface area (Å²) in [4.78, 5) is 65.7. The van der Waals surface area contributed by atoms with Gasteiger partial charge in [0.1, 0.15) is 24.7 Å². The van der Waals surface area contributed by atoms with E-state index in [0.29, 0.717) is 77.2 Å². The number of nitrogens with one attached hydrogen (secondary N) is 2. The van der Waals surface area contributed by atoms with Crippen LogP contribution in [0.1, 0.15) is 62.5 Å². The molecule has 2 aromatic heterocycles. The summed E-state index contributed by atoms with van der Waals surface area (Å²) >= 11 is 0. The number of rotatable bonds is 4. The quantitative estimate of drug-likeness (QED) is 0.171. The zero-order valence-electron chi connectivity index (χ0n) is 31.6. The lowest BCUT2D eigenvalue weighted by Gasteiger charge is -2.36. The van der Waals surface area contributed by atoms with E-state index < -0.39 is 11.8 Å². The third kappa shape index (κ3) is 9.86. The molecule has 18 heteroatoms. The van der Waals surface area contributed by atoms with Crippen LogP contribution in [0, 0.1) is 0 Å². The van der Waals surface area contributed by atoms with Gasteiger partial charge in [-0.3, -0.25) is 30.0 Å². The van der Waals surface area contributed by atoms with Crippen LogP contribution in [0.25, 0.3) is 0 Å². The maximum atomic E-state index is 13.3. The first kappa shape index (κ1) is 42.3. The fourth-order valence-electron chi connectivity index (χ4n) is 7.13. The molecule has 0 spiro atoms. The number of hydrogen-bond donors (Lipinski definition) is 4. The Balaban J connectivity index is 0.000000195. The molecule has 2 atom stereocenters. The van der Waals surface area contributed by atoms with E-state index in [4.69, 9.17) is 29.4 Å². The van der Waals surface area contributed by atoms with Gasteiger partial charge in [-0.05, 0) is 47.5 Å². The van der Waals surface area contributed by atoms with Crippen molar-refractivity contribution in [1.82, 2.24) is 40.5 Å². The fourth-order valence-corrected chi connectivity index (χ4v) is 7.13. The number of nitrogens with zero attached hydrogens (tertiary/aromatic N) is 6. The van der Waals surface area contributed by atoms with E-state index in [1.165, 1.54) is 0 Å². The Morgan fingerprint density at radius 1 is 0.610 bits per heavy atom. The molecule has 4 aliphatic rings. The van der Waals surface area contributed by atoms with E-state index in [-0.39, 0.29) is 55.9 Å². The van der Waals surface area contributed by atoms with Crippen LogP contribution in [0.3, 0.4) is 0 Å². The number of pyridine rings is 2. The summed E-state index contributed by atoms with van der Waals surface area (Å²) in [6.07, 6.45) is 6.83. The van der Waals surface area contributed by atoms with E-state index in [0.717, 1.165) is 22.3 Å². The molecule has 2 fully saturated rings. The molecule has 2 aromatic carbocycles. The maximum absolute atomic E-state index is 13.3. The van der Waals surface area contributed by atoms with Crippen molar-refractivity contribution >= 4 is 23.9 Å². The molecular formula is C41H48N8O10. The predicted molar refractivity (Wildman–Crippen MR) is 210 cm³/mol. The number of fused-ring (bicyclic) bond motifs is 2. The highest BCUT2D eigenvalue weighted by Crippen LogP contribution is 2.35. The molecule has 0 saturated carbocycles. The minimum atomic E-state index is -0.620. The van der Waals surface area contributed by atoms with E-state index in [9.17, 15) is 19.2 Å². The minimum Gasteiger partial charge on any atom is -0.491 e. The summed E-state index contributed by atoms with van der Waals surface area (Å²) in [5, 5.41) is 17.8. The normalized spacial score (nSPS) is 18.7. The minimum absolute atomic E-state index is 0. The van der Waals surface area contributed by atoms with Gasteiger partial charge in [-0.2, -0.15) is 0 Å². The number of ether oxygens (including phenoxy) is 4. The average molecular weight is 813 g/mol. The Morgan fingerprint density at radius 2 is 1.02 bits per heavy atom. The molecule has 59 heavy (non-hydrogen) atoms. The van der Waals surface area contributed by atoms with Crippen LogP contribution in [0.5, 0.6) is 11.5 Å². The number of morpholine rings is 2. The zero-order valence-corrected chi connectivity index (χ0v) is 31.6. The first-order valence-corrected chi connectivity index (χ1v) is 18.8. The predicted octanol–water partition coefficient (Wildman–Crippen LogP) is 3.81. The van der Waals surface area contributed by atoms with Gasteiger partial charge in [-0.1, -0.05) is 31.7 Å². The van der Waals surface area contributed by atoms with Crippen LogP contribution >= 0.6 is 0 Å². The number of carbonyl (C=O) groups is 4. The smallest absolute Gasteiger partial charge is 0.321 e. The van der Waals surface area contributed by atoms with Crippen LogP contribution in [0.15, 0.2) is 85.5 Å². The zero-order chi connectivity index (χ0) is 40.4. The number of urea groups is 2. The second-order valence-electron chi connectivity index (χ2n) is 13.8. The molecule has 6 amide bonds. The Hall–Kier alpha value is -6.34. The Morgan fingerprint density at radius 3 is 1.37 bits per heavy atom. The van der Waals surface area contributed by atoms with Crippen LogP contribution < -0.4 is 20.4 Å². The molecule has 312 valence electrons. The topological polar surface area (TPSA) is 208 Å². The van der Waals surface area contributed by atoms with E-state index in [1.54, 1.807) is 91.7 Å². The molecule has 0 radical (unpaired) electrons. The highest BCUT2D eigenvalue weighted by molar-refractivity contribution is 5.94. The number of amides is 6. The van der Waals surface area contributed by atoms with Gasteiger partial charge in [0, 0.05) is 73.2 Å². The Bertz CT molecular complexity index is 1920. The van der Waals surface area contributed by atoms with Crippen molar-refractivity contribution in [2.24, 2.45) is 0 Å². The third-order valence-electron chi connectivity index (χ3n) is 10.3. The lowest BCUT2D eigenvalue weighted by molar-refractivity contribution is 0.0361. The van der Waals surface area contributed by atoms with Crippen LogP contribution in [0.4, 0.5) is 9.59 Å². The second kappa shape index (κ2) is 19.9. The van der Waals surface area contributed by atoms with Crippen LogP contribution in [0.2, 0.25) is 0 Å². The average Bonchev–Trinajstić information content (AvgIpc) is 3.61. The second-order valence-corrected chi connectivity index (χ2v) is 13.8. The van der Waals surface area contributed by atoms with Gasteiger partial charge in [-0.15, -0.1) is 0 Å². The van der Waals surface area contributed by atoms with Crippen molar-refractivity contribution in [2.75, 3.05) is 65.8 Å². The van der Waals surface area contributed by atoms with Crippen molar-refractivity contribution in [3.05, 3.63) is 119 Å². The van der Waals surface area contributed by atoms with Gasteiger partial charge >= 0.3 is 12.1 Å². The standard InChI is InChI=1S/2C20H22N4O5.CH4/c2*25-19(22-27)14-3-4-16-12-24(20(26)23-6-8-28-9-7-23)17(13-29-18(16)10-14)15-2-1-5-21-11-15;/h2*1-5,10-11,17,27H,6-9,12-13H2,(H,22,25);1H4/t2*17-;/m10./s1. The van der Waals surface area contributed by atoms with Crippen molar-refractivity contribution in [1.29, 1.82) is 0 Å². The maximum Gasteiger partial charge on any atom is 0.321 e. The van der Waals surface area contributed by atoms with Gasteiger partial charge in [0.2, 0.25) is 0 Å². The summed E-state index contributed by atoms with van der Waals surface area (Å²) in [7, 11) is 0. The molecule has 2 saturated heterocycles. The van der Waals surface area contributed by atoms with E-state index in [2.05, 4.69) is 9.97 Å². The van der Waals surface area contributed by atoms with E-state index in [1.807, 2.05) is 24.3 Å². The van der Waals surface area contributed by atoms with E-state index >= 15 is 0 Å². The van der Waals surface area contributed by atoms with Gasteiger partial charge in [-0.25, -0.2) is 20.5 Å². The molecule has 6 heterocycles. The largest absolute Gasteiger partial charge is 0.491 e. The van der Waals surface area contributed by atoms with Gasteiger partial charge in [0.25, 0.3) is 11.8 Å². The van der Waals surface area contributed by atoms with Gasteiger partial charge in [0.15, 0.2) is 0 Å². The Kier molecular flexibility index (Phi) is 14.2. The highest BCUT2D eigenvalue weighted by atomic mass is 16.5. The monoisotopic (exact) mass is 812 g/mol. The summed E-state index contributed by atoms with van der Waals surface area (Å²) in [6.45, 7) is 5.32. The van der Waals surface area contributed by atoms with Crippen molar-refractivity contribution in [3.63, 3.8) is 0 Å². The number of hydrogen-bond acceptors (Lipinski definition) is 12. The molecule has 4 aromatic rings. The number of benzene rings is 2. The molecule has 18 nitrogen and oxygen atoms in total. The van der Waals surface area contributed by atoms with Crippen molar-refractivity contribution in [2.45, 2.75) is 32.6 Å². The number of aromatic nitrogens is 2. The summed E-state index contributed by atoms with van der Waals surface area (Å²) in [5.74, 6) is -0.217. The third-order valence-corrected chi connectivity index (χ3v) is 10.3. The lowest BCUT2D eigenvalue weighted by Crippen LogP contribution is -2.49. The van der Waals surface area contributed by atoms with Gasteiger partial charge in [0.05, 0.1) is 51.6 Å². The van der Waals surface area contributed by atoms with Crippen LogP contribution in [-0.2, 0) is 22.6 Å². The highest BCUT2D eigenvalue weighted by Gasteiger charge is 2.35. The molecule has 0 unspecified atom stereocenters. The van der Waals surface area contributed by atoms with Crippen LogP contribution in [-0.4, -0.2) is 130 Å². The molecule has 0 bridgehead atoms. The first-order chi connectivity index (χ1) is 28.3. The Labute approximate surface area is 341 Å². The van der Waals surface area contributed by atoms with Gasteiger partial charge < -0.3 is 38.5 Å². The fraction of sp³-hybridized carbons (Fsp3) is 0.366. The molecule has 4 N–H and O–H groups in total. The molecule has 8 rings (SSSR count). The molecule has 4 aliphatic heterocycles. The van der Waals surface area contributed by atoms with Crippen molar-refractivity contribution < 1.29 is 48.5 Å². The SMILES string of the molecule is C.O=C(NO)c1ccc2c(c1)OC[C@@H](c1cccnc1)N(C(=O)N1CCOCC1)C2.O=C(NO)c1ccc2c(c1)OC[C@H](c1cccnc1)N(C(=O)N1CCOCC1)C2. The summed E-state index contributed by atoms with van der Waals surface area (Å²) in [6, 6.07) is 16.5. The molecule has 0 aliphatic carbocycles. The summed E-state index contributed by atoms with van der Waals surface area (Å²) < 4.78 is 22.7. The summed E-state index contributed by atoms with van der Waals surface area (Å²) in [5.41, 5.74) is 7.11. The first-order valence-electron chi connectivity index (χ1n) is 18.8. The number of carbonyl (C=O) groups excluding carboxylic acids is 4. The lowest BCUT2D eigenvalue weighted by atomic mass is 10.1. The molecular weight excluding hydrogens is 764 g/mol.